The van der Waals surface area contributed by atoms with Gasteiger partial charge in [-0.3, -0.25) is 0 Å². The highest BCUT2D eigenvalue weighted by Gasteiger charge is 1.96. The summed E-state index contributed by atoms with van der Waals surface area (Å²) in [5.41, 5.74) is 0. The molecular formula is C11H18NO3+. The Morgan fingerprint density at radius 3 is 2.20 bits per heavy atom. The molecule has 1 N–H and O–H groups in total. The van der Waals surface area contributed by atoms with Crippen molar-refractivity contribution in [2.24, 2.45) is 0 Å². The van der Waals surface area contributed by atoms with Crippen molar-refractivity contribution < 1.29 is 19.1 Å². The fourth-order valence-electron chi connectivity index (χ4n) is 1.14. The lowest BCUT2D eigenvalue weighted by atomic mass is 10.5. The summed E-state index contributed by atoms with van der Waals surface area (Å²) in [4.78, 5) is 0. The zero-order valence-corrected chi connectivity index (χ0v) is 8.84. The molecule has 1 aromatic heterocycles. The molecule has 0 saturated carbocycles. The van der Waals surface area contributed by atoms with E-state index in [4.69, 9.17) is 14.6 Å². The second-order valence-corrected chi connectivity index (χ2v) is 3.06. The molecule has 4 heteroatoms. The Labute approximate surface area is 90.1 Å². The van der Waals surface area contributed by atoms with Crippen LogP contribution in [0, 0.1) is 0 Å². The van der Waals surface area contributed by atoms with Gasteiger partial charge in [-0.25, -0.2) is 4.57 Å². The summed E-state index contributed by atoms with van der Waals surface area (Å²) in [5.74, 6) is 0. The number of hydrogen-bond acceptors (Lipinski definition) is 3. The van der Waals surface area contributed by atoms with E-state index in [2.05, 4.69) is 4.57 Å². The minimum atomic E-state index is 0.0693. The molecular weight excluding hydrogens is 194 g/mol. The van der Waals surface area contributed by atoms with E-state index in [0.29, 0.717) is 26.4 Å². The molecule has 4 nitrogen and oxygen atoms in total. The molecule has 0 spiro atoms. The lowest BCUT2D eigenvalue weighted by molar-refractivity contribution is -0.698. The average molecular weight is 212 g/mol. The molecule has 0 fully saturated rings. The van der Waals surface area contributed by atoms with Crippen molar-refractivity contribution >= 4 is 0 Å². The van der Waals surface area contributed by atoms with Gasteiger partial charge in [-0.05, 0) is 0 Å². The van der Waals surface area contributed by atoms with Crippen LogP contribution >= 0.6 is 0 Å². The summed E-state index contributed by atoms with van der Waals surface area (Å²) >= 11 is 0. The molecule has 0 aliphatic carbocycles. The third-order valence-electron chi connectivity index (χ3n) is 1.88. The minimum absolute atomic E-state index is 0.0693. The van der Waals surface area contributed by atoms with Gasteiger partial charge < -0.3 is 14.6 Å². The standard InChI is InChI=1S/C11H18NO3/c13-7-9-15-11-10-14-8-6-12-4-2-1-3-5-12/h1-5,13H,6-11H2/q+1. The Morgan fingerprint density at radius 2 is 1.53 bits per heavy atom. The number of pyridine rings is 1. The molecule has 0 bridgehead atoms. The predicted molar refractivity (Wildman–Crippen MR) is 55.4 cm³/mol. The van der Waals surface area contributed by atoms with Crippen LogP contribution in [0.1, 0.15) is 0 Å². The van der Waals surface area contributed by atoms with E-state index in [9.17, 15) is 0 Å². The van der Waals surface area contributed by atoms with E-state index in [-0.39, 0.29) is 6.61 Å². The first-order valence-corrected chi connectivity index (χ1v) is 5.14. The third kappa shape index (κ3) is 6.17. The SMILES string of the molecule is OCCOCCOCC[n+]1ccccc1. The Hall–Kier alpha value is -0.970. The van der Waals surface area contributed by atoms with E-state index in [1.165, 1.54) is 0 Å². The highest BCUT2D eigenvalue weighted by molar-refractivity contribution is 4.83. The summed E-state index contributed by atoms with van der Waals surface area (Å²) in [6, 6.07) is 5.97. The van der Waals surface area contributed by atoms with Gasteiger partial charge >= 0.3 is 0 Å². The zero-order chi connectivity index (χ0) is 10.8. The van der Waals surface area contributed by atoms with Gasteiger partial charge in [-0.1, -0.05) is 6.07 Å². The highest BCUT2D eigenvalue weighted by Crippen LogP contribution is 1.80. The van der Waals surface area contributed by atoms with Gasteiger partial charge in [-0.2, -0.15) is 0 Å². The van der Waals surface area contributed by atoms with Gasteiger partial charge in [0.25, 0.3) is 0 Å². The van der Waals surface area contributed by atoms with Crippen molar-refractivity contribution in [2.75, 3.05) is 33.0 Å². The summed E-state index contributed by atoms with van der Waals surface area (Å²) in [6.07, 6.45) is 4.01. The van der Waals surface area contributed by atoms with E-state index in [1.807, 2.05) is 30.6 Å². The van der Waals surface area contributed by atoms with Gasteiger partial charge in [0, 0.05) is 12.1 Å². The van der Waals surface area contributed by atoms with Crippen LogP contribution in [0.5, 0.6) is 0 Å². The predicted octanol–water partition coefficient (Wildman–Crippen LogP) is -0.000400. The van der Waals surface area contributed by atoms with Crippen LogP contribution in [-0.4, -0.2) is 38.1 Å². The van der Waals surface area contributed by atoms with Crippen molar-refractivity contribution in [2.45, 2.75) is 6.54 Å². The monoisotopic (exact) mass is 212 g/mol. The van der Waals surface area contributed by atoms with Gasteiger partial charge in [0.1, 0.15) is 6.61 Å². The number of hydrogen-bond donors (Lipinski definition) is 1. The Bertz CT molecular complexity index is 241. The molecule has 1 heterocycles. The molecule has 84 valence electrons. The zero-order valence-electron chi connectivity index (χ0n) is 8.84. The molecule has 0 amide bonds. The lowest BCUT2D eigenvalue weighted by Crippen LogP contribution is -2.34. The number of aliphatic hydroxyl groups is 1. The molecule has 1 aromatic rings. The lowest BCUT2D eigenvalue weighted by Gasteiger charge is -2.02. The second-order valence-electron chi connectivity index (χ2n) is 3.06. The third-order valence-corrected chi connectivity index (χ3v) is 1.88. The van der Waals surface area contributed by atoms with Crippen molar-refractivity contribution in [3.63, 3.8) is 0 Å². The summed E-state index contributed by atoms with van der Waals surface area (Å²) < 4.78 is 12.5. The summed E-state index contributed by atoms with van der Waals surface area (Å²) in [5, 5.41) is 8.45. The topological polar surface area (TPSA) is 42.6 Å². The first kappa shape index (κ1) is 12.1. The van der Waals surface area contributed by atoms with E-state index >= 15 is 0 Å². The molecule has 0 aliphatic rings. The van der Waals surface area contributed by atoms with Gasteiger partial charge in [0.2, 0.25) is 0 Å². The van der Waals surface area contributed by atoms with E-state index in [0.717, 1.165) is 6.54 Å². The second kappa shape index (κ2) is 8.35. The van der Waals surface area contributed by atoms with Crippen LogP contribution in [0.15, 0.2) is 30.6 Å². The van der Waals surface area contributed by atoms with Gasteiger partial charge in [0.05, 0.1) is 26.4 Å². The first-order chi connectivity index (χ1) is 7.43. The first-order valence-electron chi connectivity index (χ1n) is 5.14. The Balaban J connectivity index is 1.93. The van der Waals surface area contributed by atoms with Crippen LogP contribution in [0.25, 0.3) is 0 Å². The van der Waals surface area contributed by atoms with Gasteiger partial charge in [-0.15, -0.1) is 0 Å². The van der Waals surface area contributed by atoms with E-state index in [1.54, 1.807) is 0 Å². The largest absolute Gasteiger partial charge is 0.394 e. The number of aliphatic hydroxyl groups excluding tert-OH is 1. The smallest absolute Gasteiger partial charge is 0.171 e. The molecule has 15 heavy (non-hydrogen) atoms. The number of rotatable bonds is 8. The van der Waals surface area contributed by atoms with Crippen LogP contribution < -0.4 is 4.57 Å². The molecule has 0 unspecified atom stereocenters. The highest BCUT2D eigenvalue weighted by atomic mass is 16.5. The molecule has 0 saturated heterocycles. The van der Waals surface area contributed by atoms with Crippen molar-refractivity contribution in [1.82, 2.24) is 0 Å². The van der Waals surface area contributed by atoms with Crippen LogP contribution in [-0.2, 0) is 16.0 Å². The Kier molecular flexibility index (Phi) is 6.73. The van der Waals surface area contributed by atoms with Crippen LogP contribution in [0.2, 0.25) is 0 Å². The normalized spacial score (nSPS) is 10.5. The van der Waals surface area contributed by atoms with Crippen molar-refractivity contribution in [1.29, 1.82) is 0 Å². The minimum Gasteiger partial charge on any atom is -0.394 e. The molecule has 0 aromatic carbocycles. The van der Waals surface area contributed by atoms with Crippen molar-refractivity contribution in [3.8, 4) is 0 Å². The fraction of sp³-hybridized carbons (Fsp3) is 0.545. The maximum atomic E-state index is 8.45. The quantitative estimate of drug-likeness (QED) is 0.487. The fourth-order valence-corrected chi connectivity index (χ4v) is 1.14. The number of aromatic nitrogens is 1. The Morgan fingerprint density at radius 1 is 0.867 bits per heavy atom. The van der Waals surface area contributed by atoms with Crippen molar-refractivity contribution in [3.05, 3.63) is 30.6 Å². The molecule has 0 atom stereocenters. The average Bonchev–Trinajstić information content (AvgIpc) is 2.29. The molecule has 1 rings (SSSR count). The van der Waals surface area contributed by atoms with Gasteiger partial charge in [0.15, 0.2) is 18.9 Å². The van der Waals surface area contributed by atoms with Crippen LogP contribution in [0.3, 0.4) is 0 Å². The van der Waals surface area contributed by atoms with E-state index < -0.39 is 0 Å². The maximum absolute atomic E-state index is 8.45. The summed E-state index contributed by atoms with van der Waals surface area (Å²) in [6.45, 7) is 3.10. The number of ether oxygens (including phenoxy) is 2. The maximum Gasteiger partial charge on any atom is 0.171 e. The molecule has 0 aliphatic heterocycles. The van der Waals surface area contributed by atoms with Crippen LogP contribution in [0.4, 0.5) is 0 Å². The number of nitrogens with zero attached hydrogens (tertiary/aromatic N) is 1. The summed E-state index contributed by atoms with van der Waals surface area (Å²) in [7, 11) is 0. The molecule has 0 radical (unpaired) electrons.